The van der Waals surface area contributed by atoms with Gasteiger partial charge >= 0.3 is 0 Å². The molecule has 1 heterocycles. The van der Waals surface area contributed by atoms with Gasteiger partial charge in [0.1, 0.15) is 0 Å². The monoisotopic (exact) mass is 263 g/mol. The average Bonchev–Trinajstić information content (AvgIpc) is 2.62. The lowest BCUT2D eigenvalue weighted by Crippen LogP contribution is -2.27. The predicted molar refractivity (Wildman–Crippen MR) is 66.0 cm³/mol. The van der Waals surface area contributed by atoms with E-state index in [-0.39, 0.29) is 5.75 Å². The van der Waals surface area contributed by atoms with Gasteiger partial charge in [-0.25, -0.2) is 18.1 Å². The second-order valence-electron chi connectivity index (χ2n) is 3.44. The van der Waals surface area contributed by atoms with Crippen LogP contribution in [0.2, 0.25) is 0 Å². The smallest absolute Gasteiger partial charge is 0.211 e. The highest BCUT2D eigenvalue weighted by atomic mass is 32.2. The summed E-state index contributed by atoms with van der Waals surface area (Å²) in [4.78, 5) is 5.01. The molecule has 0 saturated carbocycles. The van der Waals surface area contributed by atoms with Crippen LogP contribution in [0.4, 0.5) is 0 Å². The van der Waals surface area contributed by atoms with E-state index in [0.29, 0.717) is 19.5 Å². The average molecular weight is 263 g/mol. The van der Waals surface area contributed by atoms with Crippen LogP contribution in [0.3, 0.4) is 0 Å². The number of hydrogen-bond acceptors (Lipinski definition) is 5. The highest BCUT2D eigenvalue weighted by Gasteiger charge is 2.09. The van der Waals surface area contributed by atoms with Gasteiger partial charge < -0.3 is 5.32 Å². The summed E-state index contributed by atoms with van der Waals surface area (Å²) >= 11 is 1.51. The molecule has 0 saturated heterocycles. The van der Waals surface area contributed by atoms with E-state index in [1.54, 1.807) is 13.2 Å². The Labute approximate surface area is 100 Å². The molecule has 0 spiro atoms. The summed E-state index contributed by atoms with van der Waals surface area (Å²) in [5.41, 5.74) is 0. The third kappa shape index (κ3) is 5.02. The fourth-order valence-corrected chi connectivity index (χ4v) is 3.05. The van der Waals surface area contributed by atoms with Crippen molar-refractivity contribution in [3.8, 4) is 0 Å². The molecular weight excluding hydrogens is 246 g/mol. The van der Waals surface area contributed by atoms with Gasteiger partial charge in [-0.1, -0.05) is 0 Å². The number of nitrogens with zero attached hydrogens (tertiary/aromatic N) is 1. The summed E-state index contributed by atoms with van der Waals surface area (Å²) in [6, 6.07) is 0. The maximum Gasteiger partial charge on any atom is 0.211 e. The third-order valence-electron chi connectivity index (χ3n) is 1.98. The molecule has 1 aromatic rings. The van der Waals surface area contributed by atoms with Gasteiger partial charge in [0.05, 0.1) is 10.8 Å². The van der Waals surface area contributed by atoms with Gasteiger partial charge in [0, 0.05) is 17.6 Å². The van der Waals surface area contributed by atoms with Crippen molar-refractivity contribution in [2.75, 3.05) is 19.3 Å². The molecule has 1 rings (SSSR count). The summed E-state index contributed by atoms with van der Waals surface area (Å²) in [5.74, 6) is 0.158. The SMILES string of the molecule is CNCCCS(=O)(=O)NCc1cnc(C)s1. The zero-order chi connectivity index (χ0) is 12.0. The topological polar surface area (TPSA) is 71.1 Å². The van der Waals surface area contributed by atoms with Crippen molar-refractivity contribution in [2.45, 2.75) is 19.9 Å². The number of rotatable bonds is 7. The lowest BCUT2D eigenvalue weighted by atomic mass is 10.5. The second kappa shape index (κ2) is 6.29. The summed E-state index contributed by atoms with van der Waals surface area (Å²) in [6.45, 7) is 2.95. The first kappa shape index (κ1) is 13.6. The van der Waals surface area contributed by atoms with Gasteiger partial charge in [0.15, 0.2) is 0 Å². The Morgan fingerprint density at radius 1 is 1.50 bits per heavy atom. The number of aromatic nitrogens is 1. The highest BCUT2D eigenvalue weighted by Crippen LogP contribution is 2.11. The molecule has 0 aromatic carbocycles. The standard InChI is InChI=1S/C9H17N3O2S2/c1-8-11-6-9(15-8)7-12-16(13,14)5-3-4-10-2/h6,10,12H,3-5,7H2,1-2H3. The lowest BCUT2D eigenvalue weighted by Gasteiger charge is -2.04. The maximum atomic E-state index is 11.5. The maximum absolute atomic E-state index is 11.5. The molecular formula is C9H17N3O2S2. The van der Waals surface area contributed by atoms with Crippen molar-refractivity contribution in [3.63, 3.8) is 0 Å². The molecule has 0 aliphatic rings. The van der Waals surface area contributed by atoms with Crippen LogP contribution in [0.5, 0.6) is 0 Å². The van der Waals surface area contributed by atoms with E-state index in [4.69, 9.17) is 0 Å². The van der Waals surface area contributed by atoms with Crippen LogP contribution < -0.4 is 10.0 Å². The second-order valence-corrected chi connectivity index (χ2v) is 6.69. The zero-order valence-corrected chi connectivity index (χ0v) is 11.1. The number of sulfonamides is 1. The molecule has 0 aliphatic carbocycles. The van der Waals surface area contributed by atoms with Crippen LogP contribution in [0.1, 0.15) is 16.3 Å². The largest absolute Gasteiger partial charge is 0.320 e. The molecule has 0 unspecified atom stereocenters. The number of aryl methyl sites for hydroxylation is 1. The quantitative estimate of drug-likeness (QED) is 0.702. The van der Waals surface area contributed by atoms with Crippen molar-refractivity contribution >= 4 is 21.4 Å². The van der Waals surface area contributed by atoms with Gasteiger partial charge in [-0.15, -0.1) is 11.3 Å². The molecule has 5 nitrogen and oxygen atoms in total. The molecule has 0 bridgehead atoms. The molecule has 0 aliphatic heterocycles. The summed E-state index contributed by atoms with van der Waals surface area (Å²) < 4.78 is 25.6. The van der Waals surface area contributed by atoms with Crippen LogP contribution in [0, 0.1) is 6.92 Å². The molecule has 2 N–H and O–H groups in total. The molecule has 0 radical (unpaired) electrons. The lowest BCUT2D eigenvalue weighted by molar-refractivity contribution is 0.577. The van der Waals surface area contributed by atoms with Gasteiger partial charge in [-0.3, -0.25) is 0 Å². The molecule has 0 amide bonds. The van der Waals surface area contributed by atoms with Crippen molar-refractivity contribution < 1.29 is 8.42 Å². The molecule has 1 aromatic heterocycles. The Balaban J connectivity index is 2.36. The van der Waals surface area contributed by atoms with Crippen LogP contribution >= 0.6 is 11.3 Å². The van der Waals surface area contributed by atoms with E-state index in [2.05, 4.69) is 15.0 Å². The van der Waals surface area contributed by atoms with Crippen LogP contribution in [-0.2, 0) is 16.6 Å². The highest BCUT2D eigenvalue weighted by molar-refractivity contribution is 7.89. The Morgan fingerprint density at radius 2 is 2.25 bits per heavy atom. The molecule has 0 atom stereocenters. The number of hydrogen-bond donors (Lipinski definition) is 2. The minimum Gasteiger partial charge on any atom is -0.320 e. The van der Waals surface area contributed by atoms with Crippen molar-refractivity contribution in [1.29, 1.82) is 0 Å². The Morgan fingerprint density at radius 3 is 2.81 bits per heavy atom. The summed E-state index contributed by atoms with van der Waals surface area (Å²) in [6.07, 6.45) is 2.32. The summed E-state index contributed by atoms with van der Waals surface area (Å²) in [7, 11) is -1.35. The van der Waals surface area contributed by atoms with E-state index >= 15 is 0 Å². The number of nitrogens with one attached hydrogen (secondary N) is 2. The van der Waals surface area contributed by atoms with E-state index in [1.807, 2.05) is 6.92 Å². The Bertz CT molecular complexity index is 414. The fraction of sp³-hybridized carbons (Fsp3) is 0.667. The van der Waals surface area contributed by atoms with Crippen LogP contribution in [0.15, 0.2) is 6.20 Å². The zero-order valence-electron chi connectivity index (χ0n) is 9.49. The first-order valence-electron chi connectivity index (χ1n) is 5.07. The first-order chi connectivity index (χ1) is 7.53. The minimum atomic E-state index is -3.15. The predicted octanol–water partition coefficient (Wildman–Crippen LogP) is 0.480. The van der Waals surface area contributed by atoms with Crippen molar-refractivity contribution in [2.24, 2.45) is 0 Å². The first-order valence-corrected chi connectivity index (χ1v) is 7.53. The van der Waals surface area contributed by atoms with E-state index in [1.165, 1.54) is 11.3 Å². The van der Waals surface area contributed by atoms with E-state index in [9.17, 15) is 8.42 Å². The van der Waals surface area contributed by atoms with E-state index < -0.39 is 10.0 Å². The number of thiazole rings is 1. The molecule has 92 valence electrons. The molecule has 0 fully saturated rings. The van der Waals surface area contributed by atoms with Gasteiger partial charge in [0.25, 0.3) is 0 Å². The minimum absolute atomic E-state index is 0.158. The van der Waals surface area contributed by atoms with Crippen molar-refractivity contribution in [1.82, 2.24) is 15.0 Å². The van der Waals surface area contributed by atoms with Gasteiger partial charge in [-0.2, -0.15) is 0 Å². The summed E-state index contributed by atoms with van der Waals surface area (Å²) in [5, 5.41) is 3.87. The van der Waals surface area contributed by atoms with Gasteiger partial charge in [0.2, 0.25) is 10.0 Å². The molecule has 7 heteroatoms. The van der Waals surface area contributed by atoms with Crippen LogP contribution in [0.25, 0.3) is 0 Å². The third-order valence-corrected chi connectivity index (χ3v) is 4.30. The van der Waals surface area contributed by atoms with Gasteiger partial charge in [-0.05, 0) is 26.9 Å². The Hall–Kier alpha value is -0.500. The fourth-order valence-electron chi connectivity index (χ4n) is 1.18. The van der Waals surface area contributed by atoms with E-state index in [0.717, 1.165) is 9.88 Å². The molecule has 16 heavy (non-hydrogen) atoms. The Kier molecular flexibility index (Phi) is 5.33. The van der Waals surface area contributed by atoms with Crippen LogP contribution in [-0.4, -0.2) is 32.7 Å². The normalized spacial score (nSPS) is 11.9. The van der Waals surface area contributed by atoms with Crippen molar-refractivity contribution in [3.05, 3.63) is 16.1 Å².